The lowest BCUT2D eigenvalue weighted by Gasteiger charge is -2.34. The van der Waals surface area contributed by atoms with E-state index in [-0.39, 0.29) is 24.2 Å². The average Bonchev–Trinajstić information content (AvgIpc) is 3.24. The molecule has 0 saturated heterocycles. The number of oxazole rings is 1. The number of carbonyl (C=O) groups is 2. The van der Waals surface area contributed by atoms with Crippen molar-refractivity contribution in [2.75, 3.05) is 7.11 Å². The molecule has 1 aromatic carbocycles. The van der Waals surface area contributed by atoms with E-state index < -0.39 is 47.0 Å². The van der Waals surface area contributed by atoms with Crippen molar-refractivity contribution in [1.82, 2.24) is 9.88 Å². The zero-order chi connectivity index (χ0) is 24.4. The minimum Gasteiger partial charge on any atom is -0.464 e. The van der Waals surface area contributed by atoms with Gasteiger partial charge in [-0.05, 0) is 31.0 Å². The smallest absolute Gasteiger partial charge is 0.416 e. The topological polar surface area (TPSA) is 72.6 Å². The summed E-state index contributed by atoms with van der Waals surface area (Å²) in [7, 11) is 1.13. The molecular formula is C21H20F6N2O4. The maximum Gasteiger partial charge on any atom is 0.416 e. The Labute approximate surface area is 184 Å². The largest absolute Gasteiger partial charge is 0.464 e. The minimum atomic E-state index is -5.08. The van der Waals surface area contributed by atoms with Crippen molar-refractivity contribution in [1.29, 1.82) is 0 Å². The van der Waals surface area contributed by atoms with E-state index in [1.165, 1.54) is 0 Å². The second kappa shape index (κ2) is 9.44. The standard InChI is InChI=1S/C21H20F6N2O4/c1-32-19(31)16-11-33-17(28-16)10-29(15-5-3-2-4-6-15)18(30)12-7-13(20(22,23)24)9-14(8-12)21(25,26)27/h7-9,11,15H,2-6,10H2,1H3. The quantitative estimate of drug-likeness (QED) is 0.421. The van der Waals surface area contributed by atoms with Gasteiger partial charge in [-0.2, -0.15) is 26.3 Å². The average molecular weight is 478 g/mol. The van der Waals surface area contributed by atoms with Gasteiger partial charge in [0, 0.05) is 11.6 Å². The van der Waals surface area contributed by atoms with Gasteiger partial charge in [0.2, 0.25) is 5.89 Å². The van der Waals surface area contributed by atoms with E-state index in [0.717, 1.165) is 37.5 Å². The maximum atomic E-state index is 13.3. The molecule has 0 atom stereocenters. The van der Waals surface area contributed by atoms with Crippen LogP contribution in [0.3, 0.4) is 0 Å². The summed E-state index contributed by atoms with van der Waals surface area (Å²) in [5.41, 5.74) is -4.08. The van der Waals surface area contributed by atoms with E-state index in [9.17, 15) is 35.9 Å². The highest BCUT2D eigenvalue weighted by Crippen LogP contribution is 2.37. The van der Waals surface area contributed by atoms with Crippen LogP contribution in [0.15, 0.2) is 28.9 Å². The van der Waals surface area contributed by atoms with Crippen molar-refractivity contribution in [3.63, 3.8) is 0 Å². The monoisotopic (exact) mass is 478 g/mol. The molecule has 0 aliphatic heterocycles. The normalized spacial score (nSPS) is 15.4. The Kier molecular flexibility index (Phi) is 7.03. The Balaban J connectivity index is 2.00. The highest BCUT2D eigenvalue weighted by Gasteiger charge is 2.38. The number of alkyl halides is 6. The van der Waals surface area contributed by atoms with Gasteiger partial charge in [0.05, 0.1) is 24.8 Å². The molecule has 6 nitrogen and oxygen atoms in total. The fourth-order valence-electron chi connectivity index (χ4n) is 3.73. The summed E-state index contributed by atoms with van der Waals surface area (Å²) in [4.78, 5) is 29.9. The summed E-state index contributed by atoms with van der Waals surface area (Å²) in [6, 6.07) is 0.341. The lowest BCUT2D eigenvalue weighted by atomic mass is 9.93. The molecule has 12 heteroatoms. The van der Waals surface area contributed by atoms with Crippen LogP contribution in [0.2, 0.25) is 0 Å². The first kappa shape index (κ1) is 24.6. The molecule has 0 N–H and O–H groups in total. The highest BCUT2D eigenvalue weighted by molar-refractivity contribution is 5.95. The molecule has 1 heterocycles. The number of methoxy groups -OCH3 is 1. The number of rotatable bonds is 5. The Morgan fingerprint density at radius 2 is 1.61 bits per heavy atom. The van der Waals surface area contributed by atoms with Gasteiger partial charge in [0.25, 0.3) is 5.91 Å². The first-order valence-corrected chi connectivity index (χ1v) is 10.0. The number of hydrogen-bond donors (Lipinski definition) is 0. The van der Waals surface area contributed by atoms with Gasteiger partial charge < -0.3 is 14.1 Å². The maximum absolute atomic E-state index is 13.3. The third-order valence-corrected chi connectivity index (χ3v) is 5.36. The van der Waals surface area contributed by atoms with Crippen LogP contribution in [-0.4, -0.2) is 34.9 Å². The van der Waals surface area contributed by atoms with Gasteiger partial charge in [-0.1, -0.05) is 19.3 Å². The zero-order valence-corrected chi connectivity index (χ0v) is 17.4. The van der Waals surface area contributed by atoms with E-state index in [1.54, 1.807) is 0 Å². The zero-order valence-electron chi connectivity index (χ0n) is 17.4. The van der Waals surface area contributed by atoms with Crippen molar-refractivity contribution in [2.45, 2.75) is 57.0 Å². The van der Waals surface area contributed by atoms with Crippen molar-refractivity contribution in [3.8, 4) is 0 Å². The minimum absolute atomic E-state index is 0.0293. The summed E-state index contributed by atoms with van der Waals surface area (Å²) in [5, 5.41) is 0. The molecule has 1 aliphatic rings. The van der Waals surface area contributed by atoms with Gasteiger partial charge in [-0.25, -0.2) is 9.78 Å². The number of benzene rings is 1. The fourth-order valence-corrected chi connectivity index (χ4v) is 3.73. The third-order valence-electron chi connectivity index (χ3n) is 5.36. The van der Waals surface area contributed by atoms with Crippen LogP contribution >= 0.6 is 0 Å². The molecule has 1 saturated carbocycles. The van der Waals surface area contributed by atoms with Gasteiger partial charge >= 0.3 is 18.3 Å². The number of ether oxygens (including phenoxy) is 1. The predicted molar refractivity (Wildman–Crippen MR) is 101 cm³/mol. The lowest BCUT2D eigenvalue weighted by Crippen LogP contribution is -2.41. The van der Waals surface area contributed by atoms with Gasteiger partial charge in [-0.3, -0.25) is 4.79 Å². The second-order valence-corrected chi connectivity index (χ2v) is 7.64. The Bertz CT molecular complexity index is 977. The van der Waals surface area contributed by atoms with Gasteiger partial charge in [0.15, 0.2) is 5.69 Å². The molecule has 180 valence electrons. The van der Waals surface area contributed by atoms with Crippen LogP contribution in [-0.2, 0) is 23.6 Å². The number of hydrogen-bond acceptors (Lipinski definition) is 5. The van der Waals surface area contributed by atoms with Gasteiger partial charge in [-0.15, -0.1) is 0 Å². The highest BCUT2D eigenvalue weighted by atomic mass is 19.4. The lowest BCUT2D eigenvalue weighted by molar-refractivity contribution is -0.143. The third kappa shape index (κ3) is 5.85. The summed E-state index contributed by atoms with van der Waals surface area (Å²) in [5.74, 6) is -1.91. The van der Waals surface area contributed by atoms with Crippen molar-refractivity contribution < 1.29 is 45.1 Å². The van der Waals surface area contributed by atoms with E-state index >= 15 is 0 Å². The van der Waals surface area contributed by atoms with E-state index in [2.05, 4.69) is 9.72 Å². The molecule has 1 aromatic heterocycles. The Morgan fingerprint density at radius 1 is 1.03 bits per heavy atom. The first-order chi connectivity index (χ1) is 15.4. The van der Waals surface area contributed by atoms with Crippen molar-refractivity contribution in [2.24, 2.45) is 0 Å². The van der Waals surface area contributed by atoms with Crippen LogP contribution in [0.1, 0.15) is 70.0 Å². The van der Waals surface area contributed by atoms with Crippen LogP contribution in [0.25, 0.3) is 0 Å². The molecule has 0 spiro atoms. The molecular weight excluding hydrogens is 458 g/mol. The molecule has 1 amide bonds. The van der Waals surface area contributed by atoms with Gasteiger partial charge in [0.1, 0.15) is 6.26 Å². The molecule has 0 bridgehead atoms. The summed E-state index contributed by atoms with van der Waals surface area (Å²) < 4.78 is 89.2. The van der Waals surface area contributed by atoms with E-state index in [1.807, 2.05) is 0 Å². The molecule has 1 fully saturated rings. The molecule has 0 unspecified atom stereocenters. The first-order valence-electron chi connectivity index (χ1n) is 10.0. The van der Waals surface area contributed by atoms with Crippen molar-refractivity contribution in [3.05, 3.63) is 52.7 Å². The number of amides is 1. The molecule has 1 aliphatic carbocycles. The number of esters is 1. The molecule has 33 heavy (non-hydrogen) atoms. The predicted octanol–water partition coefficient (Wildman–Crippen LogP) is 5.47. The molecule has 0 radical (unpaired) electrons. The fraction of sp³-hybridized carbons (Fsp3) is 0.476. The van der Waals surface area contributed by atoms with Crippen LogP contribution in [0.4, 0.5) is 26.3 Å². The number of carbonyl (C=O) groups excluding carboxylic acids is 2. The summed E-state index contributed by atoms with van der Waals surface area (Å²) >= 11 is 0. The summed E-state index contributed by atoms with van der Waals surface area (Å²) in [6.07, 6.45) is -5.76. The van der Waals surface area contributed by atoms with Crippen molar-refractivity contribution >= 4 is 11.9 Å². The van der Waals surface area contributed by atoms with Crippen LogP contribution in [0, 0.1) is 0 Å². The van der Waals surface area contributed by atoms with E-state index in [0.29, 0.717) is 25.0 Å². The Hall–Kier alpha value is -3.05. The number of halogens is 6. The van der Waals surface area contributed by atoms with E-state index in [4.69, 9.17) is 4.42 Å². The van der Waals surface area contributed by atoms with Crippen LogP contribution < -0.4 is 0 Å². The second-order valence-electron chi connectivity index (χ2n) is 7.64. The summed E-state index contributed by atoms with van der Waals surface area (Å²) in [6.45, 7) is -0.335. The SMILES string of the molecule is COC(=O)c1coc(CN(C(=O)c2cc(C(F)(F)F)cc(C(F)(F)F)c2)C2CCCCC2)n1. The number of nitrogens with zero attached hydrogens (tertiary/aromatic N) is 2. The number of aromatic nitrogens is 1. The molecule has 2 aromatic rings. The van der Waals surface area contributed by atoms with Crippen LogP contribution in [0.5, 0.6) is 0 Å². The molecule has 3 rings (SSSR count). The Morgan fingerprint density at radius 3 is 2.12 bits per heavy atom.